The molecule has 1 fully saturated rings. The van der Waals surface area contributed by atoms with E-state index < -0.39 is 12.1 Å². The first-order valence-corrected chi connectivity index (χ1v) is 14.1. The Morgan fingerprint density at radius 1 is 1.23 bits per heavy atom. The SMILES string of the molecule is Cc1ccc(OCCCO)c(-c2nc3c(n2Cc2ccc(Cl)cc2)C(N[C@H](C)C2CCC2)=NC(C(=O)O)N3C)c1. The highest BCUT2D eigenvalue weighted by atomic mass is 35.5. The zero-order chi connectivity index (χ0) is 28.4. The number of imidazole rings is 1. The fourth-order valence-corrected chi connectivity index (χ4v) is 5.35. The van der Waals surface area contributed by atoms with Gasteiger partial charge in [-0.25, -0.2) is 14.8 Å². The molecule has 0 amide bonds. The zero-order valence-electron chi connectivity index (χ0n) is 23.1. The molecule has 0 spiro atoms. The van der Waals surface area contributed by atoms with Crippen LogP contribution in [0.15, 0.2) is 47.5 Å². The summed E-state index contributed by atoms with van der Waals surface area (Å²) < 4.78 is 8.17. The lowest BCUT2D eigenvalue weighted by Gasteiger charge is -2.35. The Hall–Kier alpha value is -3.56. The largest absolute Gasteiger partial charge is 0.493 e. The number of aliphatic hydroxyl groups is 1. The van der Waals surface area contributed by atoms with Gasteiger partial charge in [-0.15, -0.1) is 0 Å². The lowest BCUT2D eigenvalue weighted by Crippen LogP contribution is -2.48. The van der Waals surface area contributed by atoms with Gasteiger partial charge in [0.25, 0.3) is 0 Å². The van der Waals surface area contributed by atoms with Gasteiger partial charge in [-0.1, -0.05) is 41.8 Å². The van der Waals surface area contributed by atoms with Crippen LogP contribution in [0.1, 0.15) is 49.4 Å². The number of rotatable bonds is 10. The second-order valence-electron chi connectivity index (χ2n) is 10.7. The van der Waals surface area contributed by atoms with E-state index >= 15 is 0 Å². The Bertz CT molecular complexity index is 1400. The van der Waals surface area contributed by atoms with Crippen molar-refractivity contribution in [1.29, 1.82) is 0 Å². The molecular weight excluding hydrogens is 530 g/mol. The molecule has 1 unspecified atom stereocenters. The van der Waals surface area contributed by atoms with Gasteiger partial charge in [0.05, 0.1) is 12.2 Å². The standard InChI is InChI=1S/C30H36ClN5O4/c1-18-8-13-24(40-15-5-14-37)23(16-18)27-34-28-25(36(27)17-20-9-11-22(31)12-10-20)26(32-19(2)21-6-4-7-21)33-29(30(38)39)35(28)3/h8-13,16,19,21,29,37H,4-7,14-15,17H2,1-3H3,(H,32,33)(H,38,39)/t19-,29?/m1/s1. The second-order valence-corrected chi connectivity index (χ2v) is 11.1. The molecule has 9 nitrogen and oxygen atoms in total. The highest BCUT2D eigenvalue weighted by Crippen LogP contribution is 2.38. The topological polar surface area (TPSA) is 112 Å². The number of aromatic nitrogens is 2. The summed E-state index contributed by atoms with van der Waals surface area (Å²) in [5.74, 6) is 1.84. The van der Waals surface area contributed by atoms with Crippen molar-refractivity contribution >= 4 is 29.2 Å². The maximum absolute atomic E-state index is 12.3. The van der Waals surface area contributed by atoms with E-state index in [-0.39, 0.29) is 12.6 Å². The first-order chi connectivity index (χ1) is 19.3. The number of aliphatic imine (C=N–C) groups is 1. The number of aryl methyl sites for hydroxylation is 1. The van der Waals surface area contributed by atoms with Crippen LogP contribution in [0.25, 0.3) is 11.4 Å². The van der Waals surface area contributed by atoms with Crippen LogP contribution in [0.4, 0.5) is 5.82 Å². The molecular formula is C30H36ClN5O4. The first kappa shape index (κ1) is 28.0. The van der Waals surface area contributed by atoms with E-state index in [2.05, 4.69) is 16.8 Å². The average Bonchev–Trinajstić information content (AvgIpc) is 3.26. The zero-order valence-corrected chi connectivity index (χ0v) is 23.9. The molecule has 1 aromatic heterocycles. The van der Waals surface area contributed by atoms with Crippen LogP contribution in [0.3, 0.4) is 0 Å². The number of hydrogen-bond acceptors (Lipinski definition) is 7. The number of halogens is 1. The molecule has 1 aliphatic carbocycles. The number of aliphatic hydroxyl groups excluding tert-OH is 1. The minimum Gasteiger partial charge on any atom is -0.493 e. The summed E-state index contributed by atoms with van der Waals surface area (Å²) in [7, 11) is 1.71. The van der Waals surface area contributed by atoms with Crippen LogP contribution in [0.2, 0.25) is 5.02 Å². The molecule has 1 aliphatic heterocycles. The van der Waals surface area contributed by atoms with Crippen molar-refractivity contribution in [2.75, 3.05) is 25.2 Å². The summed E-state index contributed by atoms with van der Waals surface area (Å²) in [6.07, 6.45) is 2.90. The Labute approximate surface area is 239 Å². The van der Waals surface area contributed by atoms with Gasteiger partial charge in [-0.3, -0.25) is 0 Å². The van der Waals surface area contributed by atoms with Crippen molar-refractivity contribution < 1.29 is 19.7 Å². The third kappa shape index (κ3) is 5.67. The summed E-state index contributed by atoms with van der Waals surface area (Å²) in [6, 6.07) is 13.7. The predicted octanol–water partition coefficient (Wildman–Crippen LogP) is 4.71. The van der Waals surface area contributed by atoms with Crippen molar-refractivity contribution in [3.63, 3.8) is 0 Å². The monoisotopic (exact) mass is 565 g/mol. The van der Waals surface area contributed by atoms with E-state index in [1.165, 1.54) is 6.42 Å². The lowest BCUT2D eigenvalue weighted by atomic mass is 9.80. The number of ether oxygens (including phenoxy) is 1. The molecule has 40 heavy (non-hydrogen) atoms. The van der Waals surface area contributed by atoms with Gasteiger partial charge in [0, 0.05) is 37.7 Å². The van der Waals surface area contributed by atoms with Gasteiger partial charge in [-0.05, 0) is 62.4 Å². The van der Waals surface area contributed by atoms with Crippen LogP contribution >= 0.6 is 11.6 Å². The molecule has 3 N–H and O–H groups in total. The van der Waals surface area contributed by atoms with E-state index in [1.807, 2.05) is 49.4 Å². The number of hydrogen-bond donors (Lipinski definition) is 3. The Morgan fingerprint density at radius 2 is 1.98 bits per heavy atom. The number of likely N-dealkylation sites (N-methyl/N-ethyl adjacent to an activating group) is 1. The number of amidine groups is 1. The molecule has 2 heterocycles. The van der Waals surface area contributed by atoms with E-state index in [0.29, 0.717) is 53.7 Å². The number of carboxylic acids is 1. The van der Waals surface area contributed by atoms with Crippen molar-refractivity contribution in [2.45, 2.75) is 58.3 Å². The van der Waals surface area contributed by atoms with Crippen LogP contribution in [-0.2, 0) is 11.3 Å². The fourth-order valence-electron chi connectivity index (χ4n) is 5.23. The van der Waals surface area contributed by atoms with Crippen molar-refractivity contribution in [3.05, 3.63) is 64.3 Å². The van der Waals surface area contributed by atoms with Gasteiger partial charge in [0.15, 0.2) is 11.7 Å². The minimum absolute atomic E-state index is 0.0345. The summed E-state index contributed by atoms with van der Waals surface area (Å²) in [4.78, 5) is 23.6. The second kappa shape index (κ2) is 11.9. The summed E-state index contributed by atoms with van der Waals surface area (Å²) in [6.45, 7) is 5.00. The Morgan fingerprint density at radius 3 is 2.62 bits per heavy atom. The van der Waals surface area contributed by atoms with E-state index in [4.69, 9.17) is 26.3 Å². The minimum atomic E-state index is -1.10. The van der Waals surface area contributed by atoms with E-state index in [0.717, 1.165) is 35.2 Å². The molecule has 10 heteroatoms. The third-order valence-electron chi connectivity index (χ3n) is 7.76. The molecule has 2 atom stereocenters. The quantitative estimate of drug-likeness (QED) is 0.305. The normalized spacial score (nSPS) is 17.6. The summed E-state index contributed by atoms with van der Waals surface area (Å²) in [5, 5.41) is 23.6. The van der Waals surface area contributed by atoms with E-state index in [9.17, 15) is 15.0 Å². The molecule has 0 saturated heterocycles. The molecule has 0 radical (unpaired) electrons. The molecule has 3 aromatic rings. The van der Waals surface area contributed by atoms with Crippen molar-refractivity contribution in [3.8, 4) is 17.1 Å². The third-order valence-corrected chi connectivity index (χ3v) is 8.01. The summed E-state index contributed by atoms with van der Waals surface area (Å²) in [5.41, 5.74) is 3.56. The number of nitrogens with one attached hydrogen (secondary N) is 1. The molecule has 5 rings (SSSR count). The van der Waals surface area contributed by atoms with Crippen LogP contribution in [0, 0.1) is 12.8 Å². The molecule has 1 saturated carbocycles. The number of nitrogens with zero attached hydrogens (tertiary/aromatic N) is 4. The number of fused-ring (bicyclic) bond motifs is 1. The van der Waals surface area contributed by atoms with Gasteiger partial charge >= 0.3 is 5.97 Å². The maximum Gasteiger partial charge on any atom is 0.349 e. The van der Waals surface area contributed by atoms with Gasteiger partial charge in [-0.2, -0.15) is 0 Å². The number of carboxylic acid groups (broad SMARTS) is 1. The molecule has 0 bridgehead atoms. The lowest BCUT2D eigenvalue weighted by molar-refractivity contribution is -0.138. The number of carbonyl (C=O) groups is 1. The fraction of sp³-hybridized carbons (Fsp3) is 0.433. The summed E-state index contributed by atoms with van der Waals surface area (Å²) >= 11 is 6.18. The van der Waals surface area contributed by atoms with E-state index in [1.54, 1.807) is 11.9 Å². The van der Waals surface area contributed by atoms with Crippen molar-refractivity contribution in [2.24, 2.45) is 10.9 Å². The van der Waals surface area contributed by atoms with Crippen molar-refractivity contribution in [1.82, 2.24) is 14.9 Å². The maximum atomic E-state index is 12.3. The highest BCUT2D eigenvalue weighted by Gasteiger charge is 2.37. The smallest absolute Gasteiger partial charge is 0.349 e. The molecule has 212 valence electrons. The van der Waals surface area contributed by atoms with Crippen LogP contribution < -0.4 is 15.0 Å². The Kier molecular flexibility index (Phi) is 8.32. The van der Waals surface area contributed by atoms with Gasteiger partial charge in [0.1, 0.15) is 17.3 Å². The Balaban J connectivity index is 1.68. The van der Waals surface area contributed by atoms with Crippen LogP contribution in [0.5, 0.6) is 5.75 Å². The number of anilines is 1. The van der Waals surface area contributed by atoms with Gasteiger partial charge in [0.2, 0.25) is 6.17 Å². The average molecular weight is 566 g/mol. The number of benzene rings is 2. The van der Waals surface area contributed by atoms with Gasteiger partial charge < -0.3 is 29.7 Å². The highest BCUT2D eigenvalue weighted by molar-refractivity contribution is 6.30. The first-order valence-electron chi connectivity index (χ1n) is 13.8. The van der Waals surface area contributed by atoms with Crippen LogP contribution in [-0.4, -0.2) is 64.0 Å². The predicted molar refractivity (Wildman–Crippen MR) is 156 cm³/mol. The number of aliphatic carboxylic acids is 1. The molecule has 2 aromatic carbocycles. The molecule has 2 aliphatic rings.